The van der Waals surface area contributed by atoms with Gasteiger partial charge in [-0.05, 0) is 31.2 Å². The maximum Gasteiger partial charge on any atom is 0.426 e. The van der Waals surface area contributed by atoms with E-state index < -0.39 is 12.0 Å². The molecule has 0 fully saturated rings. The minimum absolute atomic E-state index is 0.201. The lowest BCUT2D eigenvalue weighted by atomic mass is 10.2. The second-order valence-electron chi connectivity index (χ2n) is 5.05. The number of hydrogen-bond donors (Lipinski definition) is 2. The van der Waals surface area contributed by atoms with Gasteiger partial charge in [-0.1, -0.05) is 29.8 Å². The second kappa shape index (κ2) is 9.53. The van der Waals surface area contributed by atoms with Crippen LogP contribution in [0.4, 0.5) is 4.79 Å². The maximum absolute atomic E-state index is 12.1. The van der Waals surface area contributed by atoms with E-state index in [1.54, 1.807) is 25.1 Å². The summed E-state index contributed by atoms with van der Waals surface area (Å²) in [6.07, 6.45) is -0.743. The molecule has 0 atom stereocenters. The van der Waals surface area contributed by atoms with Crippen molar-refractivity contribution in [3.8, 4) is 11.5 Å². The molecule has 2 amide bonds. The van der Waals surface area contributed by atoms with Crippen molar-refractivity contribution in [3.05, 3.63) is 58.6 Å². The minimum Gasteiger partial charge on any atom is -0.493 e. The first-order valence-corrected chi connectivity index (χ1v) is 8.20. The normalized spacial score (nSPS) is 9.96. The molecule has 0 bridgehead atoms. The highest BCUT2D eigenvalue weighted by Gasteiger charge is 2.13. The molecule has 7 nitrogen and oxygen atoms in total. The first-order valence-electron chi connectivity index (χ1n) is 7.82. The molecule has 2 rings (SSSR count). The number of carbonyl (C=O) groups is 2. The summed E-state index contributed by atoms with van der Waals surface area (Å²) in [5.74, 6) is 0.317. The number of methoxy groups -OCH3 is 1. The highest BCUT2D eigenvalue weighted by atomic mass is 35.5. The van der Waals surface area contributed by atoms with Gasteiger partial charge in [0.1, 0.15) is 6.61 Å². The lowest BCUT2D eigenvalue weighted by molar-refractivity contribution is 0.0912. The van der Waals surface area contributed by atoms with Gasteiger partial charge in [-0.2, -0.15) is 0 Å². The molecule has 0 unspecified atom stereocenters. The molecule has 0 aliphatic heterocycles. The number of ether oxygens (including phenoxy) is 3. The average Bonchev–Trinajstić information content (AvgIpc) is 2.65. The number of hydrazine groups is 1. The monoisotopic (exact) mass is 378 g/mol. The molecule has 0 heterocycles. The standard InChI is InChI=1S/C18H19ClN2O5/c1-3-25-18(23)21-20-17(22)12-8-9-15(16(10-12)24-2)26-11-13-6-4-5-7-14(13)19/h4-10H,3,11H2,1-2H3,(H,20,22)(H,21,23). The maximum atomic E-state index is 12.1. The van der Waals surface area contributed by atoms with Crippen LogP contribution in [-0.4, -0.2) is 25.7 Å². The van der Waals surface area contributed by atoms with Crippen molar-refractivity contribution < 1.29 is 23.8 Å². The molecule has 0 aromatic heterocycles. The van der Waals surface area contributed by atoms with Crippen LogP contribution in [0.2, 0.25) is 5.02 Å². The molecule has 0 saturated heterocycles. The largest absolute Gasteiger partial charge is 0.493 e. The zero-order chi connectivity index (χ0) is 18.9. The molecule has 0 aliphatic carbocycles. The summed E-state index contributed by atoms with van der Waals surface area (Å²) in [4.78, 5) is 23.3. The van der Waals surface area contributed by atoms with Crippen LogP contribution in [0.15, 0.2) is 42.5 Å². The average molecular weight is 379 g/mol. The third-order valence-electron chi connectivity index (χ3n) is 3.32. The predicted octanol–water partition coefficient (Wildman–Crippen LogP) is 3.32. The molecule has 0 aliphatic rings. The molecule has 8 heteroatoms. The van der Waals surface area contributed by atoms with Gasteiger partial charge in [-0.25, -0.2) is 10.2 Å². The van der Waals surface area contributed by atoms with E-state index in [1.807, 2.05) is 18.2 Å². The zero-order valence-corrected chi connectivity index (χ0v) is 15.1. The van der Waals surface area contributed by atoms with E-state index in [2.05, 4.69) is 15.6 Å². The van der Waals surface area contributed by atoms with Crippen molar-refractivity contribution in [2.24, 2.45) is 0 Å². The Bertz CT molecular complexity index is 782. The number of nitrogens with one attached hydrogen (secondary N) is 2. The van der Waals surface area contributed by atoms with Gasteiger partial charge < -0.3 is 14.2 Å². The number of rotatable bonds is 6. The van der Waals surface area contributed by atoms with E-state index in [0.29, 0.717) is 16.5 Å². The summed E-state index contributed by atoms with van der Waals surface area (Å²) >= 11 is 6.10. The fraction of sp³-hybridized carbons (Fsp3) is 0.222. The predicted molar refractivity (Wildman–Crippen MR) is 96.4 cm³/mol. The number of carbonyl (C=O) groups excluding carboxylic acids is 2. The zero-order valence-electron chi connectivity index (χ0n) is 14.4. The van der Waals surface area contributed by atoms with Crippen molar-refractivity contribution in [1.82, 2.24) is 10.9 Å². The minimum atomic E-state index is -0.743. The van der Waals surface area contributed by atoms with Gasteiger partial charge in [0.2, 0.25) is 0 Å². The Hall–Kier alpha value is -2.93. The summed E-state index contributed by atoms with van der Waals surface area (Å²) in [5, 5.41) is 0.604. The number of halogens is 1. The first-order chi connectivity index (χ1) is 12.5. The first kappa shape index (κ1) is 19.4. The van der Waals surface area contributed by atoms with Crippen molar-refractivity contribution in [2.75, 3.05) is 13.7 Å². The van der Waals surface area contributed by atoms with Crippen LogP contribution in [0.3, 0.4) is 0 Å². The summed E-state index contributed by atoms with van der Waals surface area (Å²) in [6, 6.07) is 12.0. The molecule has 26 heavy (non-hydrogen) atoms. The lowest BCUT2D eigenvalue weighted by Gasteiger charge is -2.13. The lowest BCUT2D eigenvalue weighted by Crippen LogP contribution is -2.41. The molecular weight excluding hydrogens is 360 g/mol. The number of benzene rings is 2. The van der Waals surface area contributed by atoms with Gasteiger partial charge in [0.05, 0.1) is 13.7 Å². The molecule has 0 radical (unpaired) electrons. The van der Waals surface area contributed by atoms with Crippen LogP contribution in [0.5, 0.6) is 11.5 Å². The van der Waals surface area contributed by atoms with Crippen LogP contribution in [-0.2, 0) is 11.3 Å². The van der Waals surface area contributed by atoms with Gasteiger partial charge in [-0.3, -0.25) is 10.2 Å². The van der Waals surface area contributed by atoms with Crippen molar-refractivity contribution in [2.45, 2.75) is 13.5 Å². The third-order valence-corrected chi connectivity index (χ3v) is 3.69. The van der Waals surface area contributed by atoms with Gasteiger partial charge in [-0.15, -0.1) is 0 Å². The van der Waals surface area contributed by atoms with Crippen molar-refractivity contribution in [1.29, 1.82) is 0 Å². The fourth-order valence-corrected chi connectivity index (χ4v) is 2.24. The summed E-state index contributed by atoms with van der Waals surface area (Å²) in [6.45, 7) is 2.12. The van der Waals surface area contributed by atoms with E-state index in [4.69, 9.17) is 21.1 Å². The van der Waals surface area contributed by atoms with E-state index in [1.165, 1.54) is 13.2 Å². The van der Waals surface area contributed by atoms with Crippen LogP contribution in [0.1, 0.15) is 22.8 Å². The Balaban J connectivity index is 2.03. The Morgan fingerprint density at radius 3 is 2.54 bits per heavy atom. The van der Waals surface area contributed by atoms with E-state index >= 15 is 0 Å². The van der Waals surface area contributed by atoms with E-state index in [-0.39, 0.29) is 18.8 Å². The van der Waals surface area contributed by atoms with Gasteiger partial charge in [0, 0.05) is 16.1 Å². The van der Waals surface area contributed by atoms with Crippen LogP contribution < -0.4 is 20.3 Å². The molecule has 138 valence electrons. The summed E-state index contributed by atoms with van der Waals surface area (Å²) < 4.78 is 15.7. The SMILES string of the molecule is CCOC(=O)NNC(=O)c1ccc(OCc2ccccc2Cl)c(OC)c1. The van der Waals surface area contributed by atoms with Crippen LogP contribution in [0, 0.1) is 0 Å². The molecular formula is C18H19ClN2O5. The van der Waals surface area contributed by atoms with Crippen LogP contribution in [0.25, 0.3) is 0 Å². The highest BCUT2D eigenvalue weighted by Crippen LogP contribution is 2.29. The van der Waals surface area contributed by atoms with E-state index in [0.717, 1.165) is 5.56 Å². The Morgan fingerprint density at radius 1 is 1.08 bits per heavy atom. The Labute approximate surface area is 156 Å². The van der Waals surface area contributed by atoms with Gasteiger partial charge in [0.15, 0.2) is 11.5 Å². The molecule has 0 spiro atoms. The molecule has 2 N–H and O–H groups in total. The highest BCUT2D eigenvalue weighted by molar-refractivity contribution is 6.31. The molecule has 0 saturated carbocycles. The Kier molecular flexibility index (Phi) is 7.11. The smallest absolute Gasteiger partial charge is 0.426 e. The quantitative estimate of drug-likeness (QED) is 0.753. The number of amides is 2. The van der Waals surface area contributed by atoms with Gasteiger partial charge in [0.25, 0.3) is 5.91 Å². The summed E-state index contributed by atoms with van der Waals surface area (Å²) in [7, 11) is 1.47. The summed E-state index contributed by atoms with van der Waals surface area (Å²) in [5.41, 5.74) is 5.49. The van der Waals surface area contributed by atoms with Crippen LogP contribution >= 0.6 is 11.6 Å². The molecule has 2 aromatic rings. The fourth-order valence-electron chi connectivity index (χ4n) is 2.05. The van der Waals surface area contributed by atoms with Crippen molar-refractivity contribution in [3.63, 3.8) is 0 Å². The van der Waals surface area contributed by atoms with Crippen molar-refractivity contribution >= 4 is 23.6 Å². The van der Waals surface area contributed by atoms with Gasteiger partial charge >= 0.3 is 6.09 Å². The van der Waals surface area contributed by atoms with E-state index in [9.17, 15) is 9.59 Å². The second-order valence-corrected chi connectivity index (χ2v) is 5.45. The molecule has 2 aromatic carbocycles. The topological polar surface area (TPSA) is 85.9 Å². The Morgan fingerprint density at radius 2 is 1.85 bits per heavy atom. The third kappa shape index (κ3) is 5.29. The number of hydrogen-bond acceptors (Lipinski definition) is 5.